The van der Waals surface area contributed by atoms with Gasteiger partial charge in [0.05, 0.1) is 21.3 Å². The van der Waals surface area contributed by atoms with Crippen LogP contribution in [0.1, 0.15) is 24.5 Å². The average molecular weight is 360 g/mol. The van der Waals surface area contributed by atoms with Crippen molar-refractivity contribution >= 4 is 39.1 Å². The van der Waals surface area contributed by atoms with Crippen molar-refractivity contribution in [3.63, 3.8) is 0 Å². The molecule has 0 bridgehead atoms. The lowest BCUT2D eigenvalue weighted by Gasteiger charge is -2.09. The Labute approximate surface area is 128 Å². The van der Waals surface area contributed by atoms with Gasteiger partial charge in [0.15, 0.2) is 0 Å². The Morgan fingerprint density at radius 3 is 2.47 bits per heavy atom. The quantitative estimate of drug-likeness (QED) is 0.864. The third-order valence-corrected chi connectivity index (χ3v) is 4.45. The Morgan fingerprint density at radius 1 is 1.26 bits per heavy atom. The van der Waals surface area contributed by atoms with Crippen LogP contribution in [0, 0.1) is 0 Å². The van der Waals surface area contributed by atoms with E-state index in [1.165, 1.54) is 0 Å². The van der Waals surface area contributed by atoms with Crippen LogP contribution in [0.25, 0.3) is 11.4 Å². The fourth-order valence-corrected chi connectivity index (χ4v) is 3.03. The van der Waals surface area contributed by atoms with Crippen molar-refractivity contribution in [1.82, 2.24) is 9.97 Å². The number of hydrogen-bond donors (Lipinski definition) is 1. The molecule has 1 saturated carbocycles. The SMILES string of the molecule is O=c1[nH]c(-c2c(Cl)cccc2Cl)nc(C2CC2)c1Br. The highest BCUT2D eigenvalue weighted by molar-refractivity contribution is 9.10. The number of nitrogens with zero attached hydrogens (tertiary/aromatic N) is 1. The molecule has 1 aliphatic rings. The molecule has 0 amide bonds. The Hall–Kier alpha value is -0.840. The van der Waals surface area contributed by atoms with Gasteiger partial charge in [-0.15, -0.1) is 0 Å². The Kier molecular flexibility index (Phi) is 3.41. The van der Waals surface area contributed by atoms with Crippen LogP contribution >= 0.6 is 39.1 Å². The van der Waals surface area contributed by atoms with Crippen molar-refractivity contribution in [2.75, 3.05) is 0 Å². The largest absolute Gasteiger partial charge is 0.305 e. The van der Waals surface area contributed by atoms with E-state index in [1.54, 1.807) is 18.2 Å². The molecule has 0 saturated heterocycles. The summed E-state index contributed by atoms with van der Waals surface area (Å²) in [4.78, 5) is 19.2. The second kappa shape index (κ2) is 4.93. The molecule has 3 rings (SSSR count). The first-order chi connectivity index (χ1) is 9.08. The van der Waals surface area contributed by atoms with Crippen molar-refractivity contribution in [1.29, 1.82) is 0 Å². The van der Waals surface area contributed by atoms with E-state index in [0.717, 1.165) is 18.5 Å². The first-order valence-corrected chi connectivity index (χ1v) is 7.37. The number of hydrogen-bond acceptors (Lipinski definition) is 2. The first kappa shape index (κ1) is 13.2. The summed E-state index contributed by atoms with van der Waals surface area (Å²) in [6, 6.07) is 5.20. The van der Waals surface area contributed by atoms with E-state index in [9.17, 15) is 4.79 Å². The van der Waals surface area contributed by atoms with E-state index < -0.39 is 0 Å². The summed E-state index contributed by atoms with van der Waals surface area (Å²) >= 11 is 15.6. The van der Waals surface area contributed by atoms with Crippen molar-refractivity contribution < 1.29 is 0 Å². The number of halogens is 3. The van der Waals surface area contributed by atoms with Crippen LogP contribution in [-0.2, 0) is 0 Å². The van der Waals surface area contributed by atoms with Crippen LogP contribution in [0.3, 0.4) is 0 Å². The maximum atomic E-state index is 12.0. The number of aromatic nitrogens is 2. The van der Waals surface area contributed by atoms with Gasteiger partial charge >= 0.3 is 0 Å². The Balaban J connectivity index is 2.23. The lowest BCUT2D eigenvalue weighted by atomic mass is 10.2. The van der Waals surface area contributed by atoms with Gasteiger partial charge in [0.25, 0.3) is 5.56 Å². The highest BCUT2D eigenvalue weighted by Gasteiger charge is 2.29. The molecule has 1 aromatic carbocycles. The zero-order chi connectivity index (χ0) is 13.6. The normalized spacial score (nSPS) is 14.7. The molecule has 0 aliphatic heterocycles. The van der Waals surface area contributed by atoms with Gasteiger partial charge in [0.1, 0.15) is 10.3 Å². The Morgan fingerprint density at radius 2 is 1.89 bits per heavy atom. The molecule has 3 nitrogen and oxygen atoms in total. The van der Waals surface area contributed by atoms with Crippen molar-refractivity contribution in [2.45, 2.75) is 18.8 Å². The number of benzene rings is 1. The average Bonchev–Trinajstić information content (AvgIpc) is 3.17. The molecule has 0 spiro atoms. The Bertz CT molecular complexity index is 690. The van der Waals surface area contributed by atoms with Gasteiger partial charge in [-0.3, -0.25) is 4.79 Å². The van der Waals surface area contributed by atoms with Crippen molar-refractivity contribution in [3.05, 3.63) is 48.8 Å². The molecule has 2 aromatic rings. The second-order valence-electron chi connectivity index (χ2n) is 4.48. The van der Waals surface area contributed by atoms with Gasteiger partial charge in [0.2, 0.25) is 0 Å². The highest BCUT2D eigenvalue weighted by atomic mass is 79.9. The zero-order valence-corrected chi connectivity index (χ0v) is 12.8. The molecular formula is C13H9BrCl2N2O. The van der Waals surface area contributed by atoms with Gasteiger partial charge < -0.3 is 4.98 Å². The summed E-state index contributed by atoms with van der Waals surface area (Å²) in [5.74, 6) is 0.780. The van der Waals surface area contributed by atoms with E-state index in [-0.39, 0.29) is 5.56 Å². The molecule has 1 heterocycles. The minimum atomic E-state index is -0.206. The summed E-state index contributed by atoms with van der Waals surface area (Å²) < 4.78 is 0.502. The van der Waals surface area contributed by atoms with E-state index in [2.05, 4.69) is 25.9 Å². The van der Waals surface area contributed by atoms with Crippen molar-refractivity contribution in [3.8, 4) is 11.4 Å². The van der Waals surface area contributed by atoms with E-state index >= 15 is 0 Å². The van der Waals surface area contributed by atoms with Crippen LogP contribution in [0.15, 0.2) is 27.5 Å². The van der Waals surface area contributed by atoms with Crippen LogP contribution in [0.2, 0.25) is 10.0 Å². The number of rotatable bonds is 2. The monoisotopic (exact) mass is 358 g/mol. The molecule has 1 aliphatic carbocycles. The fraction of sp³-hybridized carbons (Fsp3) is 0.231. The summed E-state index contributed by atoms with van der Waals surface area (Å²) in [5.41, 5.74) is 1.15. The summed E-state index contributed by atoms with van der Waals surface area (Å²) in [6.07, 6.45) is 2.12. The minimum absolute atomic E-state index is 0.206. The predicted octanol–water partition coefficient (Wildman–Crippen LogP) is 4.38. The molecule has 19 heavy (non-hydrogen) atoms. The maximum Gasteiger partial charge on any atom is 0.265 e. The molecule has 1 aromatic heterocycles. The molecule has 0 atom stereocenters. The van der Waals surface area contributed by atoms with E-state index in [4.69, 9.17) is 23.2 Å². The van der Waals surface area contributed by atoms with Crippen LogP contribution in [0.5, 0.6) is 0 Å². The predicted molar refractivity (Wildman–Crippen MR) is 80.0 cm³/mol. The molecule has 1 N–H and O–H groups in total. The van der Waals surface area contributed by atoms with Crippen LogP contribution < -0.4 is 5.56 Å². The van der Waals surface area contributed by atoms with Gasteiger partial charge in [-0.05, 0) is 40.9 Å². The molecule has 1 fully saturated rings. The number of nitrogens with one attached hydrogen (secondary N) is 1. The number of aromatic amines is 1. The van der Waals surface area contributed by atoms with Crippen molar-refractivity contribution in [2.24, 2.45) is 0 Å². The maximum absolute atomic E-state index is 12.0. The van der Waals surface area contributed by atoms with E-state index in [1.807, 2.05) is 0 Å². The highest BCUT2D eigenvalue weighted by Crippen LogP contribution is 2.42. The summed E-state index contributed by atoms with van der Waals surface area (Å²) in [5, 5.41) is 0.944. The molecule has 0 radical (unpaired) electrons. The van der Waals surface area contributed by atoms with Crippen LogP contribution in [-0.4, -0.2) is 9.97 Å². The third-order valence-electron chi connectivity index (χ3n) is 3.05. The van der Waals surface area contributed by atoms with Gasteiger partial charge in [-0.1, -0.05) is 29.3 Å². The van der Waals surface area contributed by atoms with Gasteiger partial charge in [-0.2, -0.15) is 0 Å². The standard InChI is InChI=1S/C13H9BrCl2N2O/c14-10-11(6-4-5-6)17-12(18-13(10)19)9-7(15)2-1-3-8(9)16/h1-3,6H,4-5H2,(H,17,18,19). The molecule has 6 heteroatoms. The first-order valence-electron chi connectivity index (χ1n) is 5.82. The minimum Gasteiger partial charge on any atom is -0.305 e. The summed E-state index contributed by atoms with van der Waals surface area (Å²) in [6.45, 7) is 0. The second-order valence-corrected chi connectivity index (χ2v) is 6.09. The van der Waals surface area contributed by atoms with Crippen LogP contribution in [0.4, 0.5) is 0 Å². The lowest BCUT2D eigenvalue weighted by Crippen LogP contribution is -2.13. The zero-order valence-electron chi connectivity index (χ0n) is 9.71. The summed E-state index contributed by atoms with van der Waals surface area (Å²) in [7, 11) is 0. The topological polar surface area (TPSA) is 45.8 Å². The van der Waals surface area contributed by atoms with Gasteiger partial charge in [0, 0.05) is 5.92 Å². The van der Waals surface area contributed by atoms with Gasteiger partial charge in [-0.25, -0.2) is 4.98 Å². The van der Waals surface area contributed by atoms with E-state index in [0.29, 0.717) is 31.8 Å². The third kappa shape index (κ3) is 2.45. The molecule has 0 unspecified atom stereocenters. The molecule has 98 valence electrons. The number of H-pyrrole nitrogens is 1. The smallest absolute Gasteiger partial charge is 0.265 e. The fourth-order valence-electron chi connectivity index (χ4n) is 1.95. The lowest BCUT2D eigenvalue weighted by molar-refractivity contribution is 0.960. The molecular weight excluding hydrogens is 351 g/mol.